The molecule has 4 rings (SSSR count). The van der Waals surface area contributed by atoms with Gasteiger partial charge in [0.25, 0.3) is 5.56 Å². The number of rotatable bonds is 4. The van der Waals surface area contributed by atoms with Crippen LogP contribution < -0.4 is 5.56 Å². The Bertz CT molecular complexity index is 1040. The molecule has 24 heavy (non-hydrogen) atoms. The monoisotopic (exact) mass is 342 g/mol. The van der Waals surface area contributed by atoms with Gasteiger partial charge in [-0.25, -0.2) is 14.0 Å². The first-order valence-corrected chi connectivity index (χ1v) is 8.09. The van der Waals surface area contributed by atoms with Gasteiger partial charge < -0.3 is 4.42 Å². The summed E-state index contributed by atoms with van der Waals surface area (Å²) in [6, 6.07) is 11.4. The molecule has 0 amide bonds. The van der Waals surface area contributed by atoms with E-state index in [1.807, 2.05) is 0 Å². The SMILES string of the molecule is O=c1[nH]nc(SCc2ccc(F)cc2)n2nc(-c3ccco3)cc12. The maximum Gasteiger partial charge on any atom is 0.290 e. The average Bonchev–Trinajstić information content (AvgIpc) is 3.25. The lowest BCUT2D eigenvalue weighted by Crippen LogP contribution is -2.13. The molecular weight excluding hydrogens is 331 g/mol. The molecule has 0 saturated heterocycles. The summed E-state index contributed by atoms with van der Waals surface area (Å²) in [7, 11) is 0. The van der Waals surface area contributed by atoms with Gasteiger partial charge in [0.15, 0.2) is 5.76 Å². The molecule has 3 heterocycles. The zero-order valence-corrected chi connectivity index (χ0v) is 13.1. The van der Waals surface area contributed by atoms with E-state index < -0.39 is 0 Å². The predicted octanol–water partition coefficient (Wildman–Crippen LogP) is 3.11. The minimum atomic E-state index is -0.327. The van der Waals surface area contributed by atoms with Crippen molar-refractivity contribution < 1.29 is 8.81 Å². The Morgan fingerprint density at radius 3 is 2.83 bits per heavy atom. The molecule has 0 unspecified atom stereocenters. The van der Waals surface area contributed by atoms with Crippen LogP contribution in [0.2, 0.25) is 0 Å². The number of hydrogen-bond acceptors (Lipinski definition) is 5. The molecule has 0 spiro atoms. The van der Waals surface area contributed by atoms with E-state index in [1.165, 1.54) is 28.4 Å². The van der Waals surface area contributed by atoms with E-state index in [0.717, 1.165) is 5.56 Å². The van der Waals surface area contributed by atoms with E-state index in [1.54, 1.807) is 36.6 Å². The van der Waals surface area contributed by atoms with Gasteiger partial charge in [-0.05, 0) is 29.8 Å². The molecule has 3 aromatic heterocycles. The summed E-state index contributed by atoms with van der Waals surface area (Å²) in [6.45, 7) is 0. The van der Waals surface area contributed by atoms with Crippen LogP contribution >= 0.6 is 11.8 Å². The highest BCUT2D eigenvalue weighted by atomic mass is 32.2. The maximum absolute atomic E-state index is 13.0. The zero-order valence-electron chi connectivity index (χ0n) is 12.3. The van der Waals surface area contributed by atoms with Crippen molar-refractivity contribution in [2.45, 2.75) is 10.9 Å². The lowest BCUT2D eigenvalue weighted by atomic mass is 10.2. The third-order valence-corrected chi connectivity index (χ3v) is 4.43. The number of aromatic nitrogens is 4. The molecule has 0 bridgehead atoms. The van der Waals surface area contributed by atoms with E-state index >= 15 is 0 Å². The van der Waals surface area contributed by atoms with E-state index in [4.69, 9.17) is 4.42 Å². The van der Waals surface area contributed by atoms with Crippen LogP contribution in [-0.2, 0) is 5.75 Å². The van der Waals surface area contributed by atoms with Crippen LogP contribution in [0.1, 0.15) is 5.56 Å². The molecule has 6 nitrogen and oxygen atoms in total. The highest BCUT2D eigenvalue weighted by molar-refractivity contribution is 7.98. The summed E-state index contributed by atoms with van der Waals surface area (Å²) in [5.74, 6) is 0.876. The molecule has 120 valence electrons. The van der Waals surface area contributed by atoms with Gasteiger partial charge in [0, 0.05) is 11.8 Å². The first-order chi connectivity index (χ1) is 11.7. The number of thioether (sulfide) groups is 1. The number of nitrogens with one attached hydrogen (secondary N) is 1. The van der Waals surface area contributed by atoms with E-state index in [0.29, 0.717) is 27.9 Å². The highest BCUT2D eigenvalue weighted by Crippen LogP contribution is 2.23. The molecule has 0 fully saturated rings. The number of aromatic amines is 1. The fourth-order valence-electron chi connectivity index (χ4n) is 2.26. The first kappa shape index (κ1) is 14.7. The van der Waals surface area contributed by atoms with Crippen molar-refractivity contribution in [3.05, 3.63) is 70.5 Å². The van der Waals surface area contributed by atoms with Gasteiger partial charge in [0.1, 0.15) is 17.0 Å². The highest BCUT2D eigenvalue weighted by Gasteiger charge is 2.13. The number of halogens is 1. The summed E-state index contributed by atoms with van der Waals surface area (Å²) in [4.78, 5) is 12.0. The van der Waals surface area contributed by atoms with Crippen LogP contribution in [0.25, 0.3) is 17.0 Å². The van der Waals surface area contributed by atoms with Crippen LogP contribution in [0.5, 0.6) is 0 Å². The predicted molar refractivity (Wildman–Crippen MR) is 87.3 cm³/mol. The number of benzene rings is 1. The number of hydrogen-bond donors (Lipinski definition) is 1. The number of H-pyrrole nitrogens is 1. The van der Waals surface area contributed by atoms with Crippen LogP contribution in [0, 0.1) is 5.82 Å². The molecule has 0 atom stereocenters. The Morgan fingerprint density at radius 1 is 1.25 bits per heavy atom. The smallest absolute Gasteiger partial charge is 0.290 e. The lowest BCUT2D eigenvalue weighted by Gasteiger charge is -2.03. The van der Waals surface area contributed by atoms with Crippen molar-refractivity contribution in [2.24, 2.45) is 0 Å². The molecule has 0 aliphatic carbocycles. The molecule has 0 radical (unpaired) electrons. The molecular formula is C16H11FN4O2S. The molecule has 8 heteroatoms. The lowest BCUT2D eigenvalue weighted by molar-refractivity contribution is 0.578. The third-order valence-electron chi connectivity index (χ3n) is 3.43. The normalized spacial score (nSPS) is 11.2. The van der Waals surface area contributed by atoms with Crippen molar-refractivity contribution in [1.29, 1.82) is 0 Å². The van der Waals surface area contributed by atoms with Crippen LogP contribution in [0.4, 0.5) is 4.39 Å². The zero-order chi connectivity index (χ0) is 16.5. The fraction of sp³-hybridized carbons (Fsp3) is 0.0625. The number of nitrogens with zero attached hydrogens (tertiary/aromatic N) is 3. The van der Waals surface area contributed by atoms with Gasteiger partial charge in [0.05, 0.1) is 6.26 Å². The van der Waals surface area contributed by atoms with Gasteiger partial charge in [-0.15, -0.1) is 5.10 Å². The Labute approximate surface area is 139 Å². The van der Waals surface area contributed by atoms with Crippen molar-refractivity contribution >= 4 is 17.3 Å². The second-order valence-corrected chi connectivity index (χ2v) is 6.00. The summed E-state index contributed by atoms with van der Waals surface area (Å²) in [5.41, 5.74) is 1.56. The van der Waals surface area contributed by atoms with Gasteiger partial charge in [-0.2, -0.15) is 5.10 Å². The topological polar surface area (TPSA) is 76.2 Å². The van der Waals surface area contributed by atoms with Crippen LogP contribution in [0.15, 0.2) is 63.1 Å². The maximum atomic E-state index is 13.0. The Balaban J connectivity index is 1.69. The summed E-state index contributed by atoms with van der Waals surface area (Å²) < 4.78 is 19.8. The second-order valence-electron chi connectivity index (χ2n) is 5.05. The molecule has 0 aliphatic rings. The van der Waals surface area contributed by atoms with Gasteiger partial charge in [-0.1, -0.05) is 23.9 Å². The number of fused-ring (bicyclic) bond motifs is 1. The van der Waals surface area contributed by atoms with Crippen LogP contribution in [-0.4, -0.2) is 19.8 Å². The third kappa shape index (κ3) is 2.71. The second kappa shape index (κ2) is 5.97. The van der Waals surface area contributed by atoms with Crippen molar-refractivity contribution in [3.63, 3.8) is 0 Å². The summed E-state index contributed by atoms with van der Waals surface area (Å²) in [6.07, 6.45) is 1.55. The van der Waals surface area contributed by atoms with Gasteiger partial charge in [-0.3, -0.25) is 4.79 Å². The van der Waals surface area contributed by atoms with E-state index in [-0.39, 0.29) is 11.4 Å². The van der Waals surface area contributed by atoms with Crippen molar-refractivity contribution in [3.8, 4) is 11.5 Å². The Hall–Kier alpha value is -2.87. The van der Waals surface area contributed by atoms with Crippen molar-refractivity contribution in [1.82, 2.24) is 19.8 Å². The Morgan fingerprint density at radius 2 is 2.08 bits per heavy atom. The summed E-state index contributed by atoms with van der Waals surface area (Å²) >= 11 is 1.39. The number of furan rings is 1. The fourth-order valence-corrected chi connectivity index (χ4v) is 3.12. The molecule has 1 aromatic carbocycles. The standard InChI is InChI=1S/C16H11FN4O2S/c17-11-5-3-10(4-6-11)9-24-16-19-18-15(22)13-8-12(20-21(13)16)14-2-1-7-23-14/h1-8H,9H2,(H,18,22). The van der Waals surface area contributed by atoms with E-state index in [2.05, 4.69) is 15.3 Å². The first-order valence-electron chi connectivity index (χ1n) is 7.10. The minimum Gasteiger partial charge on any atom is -0.463 e. The molecule has 1 N–H and O–H groups in total. The van der Waals surface area contributed by atoms with Crippen LogP contribution in [0.3, 0.4) is 0 Å². The van der Waals surface area contributed by atoms with Crippen molar-refractivity contribution in [2.75, 3.05) is 0 Å². The molecule has 0 saturated carbocycles. The Kier molecular flexibility index (Phi) is 3.66. The molecule has 4 aromatic rings. The summed E-state index contributed by atoms with van der Waals surface area (Å²) in [5, 5.41) is 11.5. The van der Waals surface area contributed by atoms with E-state index in [9.17, 15) is 9.18 Å². The average molecular weight is 342 g/mol. The largest absolute Gasteiger partial charge is 0.463 e. The molecule has 0 aliphatic heterocycles. The minimum absolute atomic E-state index is 0.275. The quantitative estimate of drug-likeness (QED) is 0.577. The van der Waals surface area contributed by atoms with Gasteiger partial charge in [0.2, 0.25) is 5.16 Å². The van der Waals surface area contributed by atoms with Gasteiger partial charge >= 0.3 is 0 Å².